The number of nitrogens with zero attached hydrogens (tertiary/aromatic N) is 1. The number of rotatable bonds is 5. The topological polar surface area (TPSA) is 37.9 Å². The van der Waals surface area contributed by atoms with Crippen molar-refractivity contribution in [2.45, 2.75) is 12.5 Å². The van der Waals surface area contributed by atoms with Crippen molar-refractivity contribution in [3.63, 3.8) is 0 Å². The summed E-state index contributed by atoms with van der Waals surface area (Å²) in [6.45, 7) is 0. The molecule has 1 aromatic heterocycles. The van der Waals surface area contributed by atoms with Crippen LogP contribution in [-0.4, -0.2) is 15.8 Å². The first-order chi connectivity index (χ1) is 10.3. The lowest BCUT2D eigenvalue weighted by atomic mass is 10.1. The normalized spacial score (nSPS) is 12.5. The first-order valence-corrected chi connectivity index (χ1v) is 7.59. The number of imidazole rings is 1. The van der Waals surface area contributed by atoms with Crippen molar-refractivity contribution in [2.75, 3.05) is 5.88 Å². The number of ether oxygens (including phenoxy) is 1. The van der Waals surface area contributed by atoms with Gasteiger partial charge in [0.2, 0.25) is 0 Å². The van der Waals surface area contributed by atoms with Crippen LogP contribution in [0.5, 0.6) is 5.75 Å². The summed E-state index contributed by atoms with van der Waals surface area (Å²) in [4.78, 5) is 7.34. The maximum absolute atomic E-state index is 6.14. The van der Waals surface area contributed by atoms with Crippen LogP contribution in [0.1, 0.15) is 18.1 Å². The Balaban J connectivity index is 1.96. The van der Waals surface area contributed by atoms with Crippen molar-refractivity contribution in [2.24, 2.45) is 0 Å². The van der Waals surface area contributed by atoms with Gasteiger partial charge < -0.3 is 9.72 Å². The quantitative estimate of drug-likeness (QED) is 0.674. The van der Waals surface area contributed by atoms with Gasteiger partial charge in [0, 0.05) is 23.4 Å². The Labute approximate surface area is 132 Å². The van der Waals surface area contributed by atoms with Gasteiger partial charge in [0.05, 0.1) is 11.8 Å². The second kappa shape index (κ2) is 6.37. The van der Waals surface area contributed by atoms with Gasteiger partial charge in [-0.05, 0) is 11.6 Å². The monoisotopic (exact) mass is 320 g/mol. The molecule has 0 aliphatic rings. The van der Waals surface area contributed by atoms with Gasteiger partial charge in [0.1, 0.15) is 17.4 Å². The maximum Gasteiger partial charge on any atom is 0.149 e. The summed E-state index contributed by atoms with van der Waals surface area (Å²) in [6, 6.07) is 13.6. The largest absolute Gasteiger partial charge is 0.483 e. The Morgan fingerprint density at radius 1 is 1.19 bits per heavy atom. The lowest BCUT2D eigenvalue weighted by Crippen LogP contribution is -2.08. The molecule has 0 unspecified atom stereocenters. The Kier molecular flexibility index (Phi) is 4.32. The standard InChI is InChI=1S/C16H14Cl2N2O/c17-7-6-14(11-4-2-1-3-5-11)21-15-9-12(18)8-13-16(15)20-10-19-13/h1-5,8-10,14H,6-7H2,(H,19,20)/t14-/m1/s1. The van der Waals surface area contributed by atoms with E-state index in [-0.39, 0.29) is 6.10 Å². The van der Waals surface area contributed by atoms with Gasteiger partial charge in [0.25, 0.3) is 0 Å². The number of halogens is 2. The van der Waals surface area contributed by atoms with Crippen LogP contribution in [0, 0.1) is 0 Å². The van der Waals surface area contributed by atoms with Crippen LogP contribution >= 0.6 is 23.2 Å². The van der Waals surface area contributed by atoms with E-state index in [0.717, 1.165) is 16.6 Å². The van der Waals surface area contributed by atoms with Gasteiger partial charge in [-0.3, -0.25) is 0 Å². The molecule has 0 saturated heterocycles. The minimum Gasteiger partial charge on any atom is -0.483 e. The molecule has 0 aliphatic carbocycles. The van der Waals surface area contributed by atoms with E-state index in [1.54, 1.807) is 12.4 Å². The molecule has 1 heterocycles. The molecule has 1 atom stereocenters. The number of alkyl halides is 1. The summed E-state index contributed by atoms with van der Waals surface area (Å²) >= 11 is 12.0. The number of hydrogen-bond donors (Lipinski definition) is 1. The second-order valence-corrected chi connectivity index (χ2v) is 5.51. The van der Waals surface area contributed by atoms with Crippen LogP contribution in [0.3, 0.4) is 0 Å². The van der Waals surface area contributed by atoms with E-state index in [4.69, 9.17) is 27.9 Å². The van der Waals surface area contributed by atoms with Crippen molar-refractivity contribution >= 4 is 34.2 Å². The molecule has 0 amide bonds. The van der Waals surface area contributed by atoms with E-state index in [1.165, 1.54) is 0 Å². The van der Waals surface area contributed by atoms with Crippen molar-refractivity contribution in [1.29, 1.82) is 0 Å². The minimum absolute atomic E-state index is 0.123. The van der Waals surface area contributed by atoms with Gasteiger partial charge in [-0.15, -0.1) is 11.6 Å². The van der Waals surface area contributed by atoms with Crippen LogP contribution in [0.15, 0.2) is 48.8 Å². The zero-order chi connectivity index (χ0) is 14.7. The summed E-state index contributed by atoms with van der Waals surface area (Å²) in [5, 5.41) is 0.611. The van der Waals surface area contributed by atoms with Crippen LogP contribution in [0.2, 0.25) is 5.02 Å². The highest BCUT2D eigenvalue weighted by Crippen LogP contribution is 2.32. The molecule has 0 aliphatic heterocycles. The van der Waals surface area contributed by atoms with E-state index in [2.05, 4.69) is 9.97 Å². The van der Waals surface area contributed by atoms with Gasteiger partial charge in [-0.2, -0.15) is 0 Å². The lowest BCUT2D eigenvalue weighted by Gasteiger charge is -2.19. The summed E-state index contributed by atoms with van der Waals surface area (Å²) in [5.74, 6) is 1.18. The second-order valence-electron chi connectivity index (χ2n) is 4.70. The van der Waals surface area contributed by atoms with E-state index in [0.29, 0.717) is 23.1 Å². The molecule has 3 nitrogen and oxygen atoms in total. The fourth-order valence-electron chi connectivity index (χ4n) is 2.29. The lowest BCUT2D eigenvalue weighted by molar-refractivity contribution is 0.204. The third-order valence-corrected chi connectivity index (χ3v) is 3.70. The molecule has 0 radical (unpaired) electrons. The molecule has 5 heteroatoms. The van der Waals surface area contributed by atoms with E-state index < -0.39 is 0 Å². The van der Waals surface area contributed by atoms with Gasteiger partial charge in [-0.1, -0.05) is 41.9 Å². The van der Waals surface area contributed by atoms with Gasteiger partial charge in [-0.25, -0.2) is 4.98 Å². The minimum atomic E-state index is -0.123. The number of hydrogen-bond acceptors (Lipinski definition) is 2. The van der Waals surface area contributed by atoms with Gasteiger partial charge >= 0.3 is 0 Å². The number of H-pyrrole nitrogens is 1. The average molecular weight is 321 g/mol. The average Bonchev–Trinajstić information content (AvgIpc) is 2.96. The molecule has 2 aromatic carbocycles. The van der Waals surface area contributed by atoms with Crippen LogP contribution in [0.25, 0.3) is 11.0 Å². The Morgan fingerprint density at radius 2 is 2.00 bits per heavy atom. The zero-order valence-electron chi connectivity index (χ0n) is 11.2. The van der Waals surface area contributed by atoms with E-state index >= 15 is 0 Å². The molecule has 108 valence electrons. The highest BCUT2D eigenvalue weighted by molar-refractivity contribution is 6.31. The molecule has 3 aromatic rings. The Morgan fingerprint density at radius 3 is 2.76 bits per heavy atom. The number of fused-ring (bicyclic) bond motifs is 1. The predicted octanol–water partition coefficient (Wildman–Crippen LogP) is 4.97. The highest BCUT2D eigenvalue weighted by Gasteiger charge is 2.16. The van der Waals surface area contributed by atoms with Crippen molar-refractivity contribution in [1.82, 2.24) is 9.97 Å². The molecule has 0 fully saturated rings. The summed E-state index contributed by atoms with van der Waals surface area (Å²) in [6.07, 6.45) is 2.22. The Hall–Kier alpha value is -1.71. The zero-order valence-corrected chi connectivity index (χ0v) is 12.7. The molecular formula is C16H14Cl2N2O. The third kappa shape index (κ3) is 3.14. The first kappa shape index (κ1) is 14.2. The number of benzene rings is 2. The molecule has 1 N–H and O–H groups in total. The summed E-state index contributed by atoms with van der Waals surface area (Å²) < 4.78 is 6.14. The molecule has 3 rings (SSSR count). The number of aromatic nitrogens is 2. The smallest absolute Gasteiger partial charge is 0.149 e. The van der Waals surface area contributed by atoms with Crippen LogP contribution < -0.4 is 4.74 Å². The van der Waals surface area contributed by atoms with Crippen molar-refractivity contribution in [3.05, 3.63) is 59.4 Å². The third-order valence-electron chi connectivity index (χ3n) is 3.27. The van der Waals surface area contributed by atoms with Crippen molar-refractivity contribution in [3.8, 4) is 5.75 Å². The summed E-state index contributed by atoms with van der Waals surface area (Å²) in [5.41, 5.74) is 2.71. The van der Waals surface area contributed by atoms with Crippen LogP contribution in [-0.2, 0) is 0 Å². The fraction of sp³-hybridized carbons (Fsp3) is 0.188. The predicted molar refractivity (Wildman–Crippen MR) is 86.3 cm³/mol. The SMILES string of the molecule is ClCC[C@@H](Oc1cc(Cl)cc2[nH]cnc12)c1ccccc1. The van der Waals surface area contributed by atoms with Gasteiger partial charge in [0.15, 0.2) is 0 Å². The molecular weight excluding hydrogens is 307 g/mol. The summed E-state index contributed by atoms with van der Waals surface area (Å²) in [7, 11) is 0. The van der Waals surface area contributed by atoms with E-state index in [9.17, 15) is 0 Å². The Bertz CT molecular complexity index is 727. The first-order valence-electron chi connectivity index (χ1n) is 6.68. The number of aromatic amines is 1. The fourth-order valence-corrected chi connectivity index (χ4v) is 2.69. The number of nitrogens with one attached hydrogen (secondary N) is 1. The van der Waals surface area contributed by atoms with Crippen LogP contribution in [0.4, 0.5) is 0 Å². The maximum atomic E-state index is 6.14. The van der Waals surface area contributed by atoms with E-state index in [1.807, 2.05) is 36.4 Å². The highest BCUT2D eigenvalue weighted by atomic mass is 35.5. The molecule has 0 bridgehead atoms. The molecule has 21 heavy (non-hydrogen) atoms. The molecule has 0 saturated carbocycles. The van der Waals surface area contributed by atoms with Crippen molar-refractivity contribution < 1.29 is 4.74 Å². The molecule has 0 spiro atoms.